The minimum Gasteiger partial charge on any atom is -0.490 e. The van der Waals surface area contributed by atoms with Crippen molar-refractivity contribution < 1.29 is 18.7 Å². The number of ether oxygens (including phenoxy) is 2. The number of hydrogen-bond donors (Lipinski definition) is 0. The van der Waals surface area contributed by atoms with E-state index in [9.17, 15) is 4.79 Å². The molecule has 2 rings (SSSR count). The van der Waals surface area contributed by atoms with Gasteiger partial charge in [0.25, 0.3) is 0 Å². The van der Waals surface area contributed by atoms with Crippen LogP contribution in [0.5, 0.6) is 5.75 Å². The van der Waals surface area contributed by atoms with Crippen molar-refractivity contribution in [1.82, 2.24) is 0 Å². The molecule has 4 nitrogen and oxygen atoms in total. The lowest BCUT2D eigenvalue weighted by Crippen LogP contribution is -2.12. The van der Waals surface area contributed by atoms with Gasteiger partial charge in [0, 0.05) is 10.0 Å². The lowest BCUT2D eigenvalue weighted by atomic mass is 10.3. The Bertz CT molecular complexity index is 562. The topological polar surface area (TPSA) is 48.7 Å². The molecule has 0 amide bonds. The van der Waals surface area contributed by atoms with Crippen molar-refractivity contribution in [3.05, 3.63) is 52.4 Å². The van der Waals surface area contributed by atoms with Gasteiger partial charge >= 0.3 is 5.97 Å². The number of furan rings is 1. The van der Waals surface area contributed by atoms with Gasteiger partial charge in [0.15, 0.2) is 0 Å². The van der Waals surface area contributed by atoms with E-state index >= 15 is 0 Å². The molecule has 0 aliphatic heterocycles. The second-order valence-corrected chi connectivity index (χ2v) is 4.79. The Morgan fingerprint density at radius 3 is 2.84 bits per heavy atom. The van der Waals surface area contributed by atoms with Crippen molar-refractivity contribution in [3.8, 4) is 5.75 Å². The molecule has 0 unspecified atom stereocenters. The number of esters is 1. The van der Waals surface area contributed by atoms with Crippen LogP contribution >= 0.6 is 15.9 Å². The van der Waals surface area contributed by atoms with Crippen molar-refractivity contribution in [1.29, 1.82) is 0 Å². The van der Waals surface area contributed by atoms with E-state index < -0.39 is 5.97 Å². The highest BCUT2D eigenvalue weighted by Crippen LogP contribution is 2.17. The van der Waals surface area contributed by atoms with E-state index in [4.69, 9.17) is 13.9 Å². The molecule has 100 valence electrons. The molecule has 0 aliphatic rings. The summed E-state index contributed by atoms with van der Waals surface area (Å²) in [6, 6.07) is 9.18. The fourth-order valence-corrected chi connectivity index (χ4v) is 1.88. The van der Waals surface area contributed by atoms with Crippen molar-refractivity contribution in [3.63, 3.8) is 0 Å². The maximum atomic E-state index is 11.6. The minimum atomic E-state index is -0.472. The SMILES string of the molecule is Cc1ccoc1C(=O)OCCOc1cccc(Br)c1. The van der Waals surface area contributed by atoms with Crippen LogP contribution in [0.3, 0.4) is 0 Å². The summed E-state index contributed by atoms with van der Waals surface area (Å²) in [5.74, 6) is 0.488. The molecule has 0 atom stereocenters. The molecule has 0 saturated heterocycles. The van der Waals surface area contributed by atoms with E-state index in [0.717, 1.165) is 15.8 Å². The van der Waals surface area contributed by atoms with Crippen molar-refractivity contribution in [2.24, 2.45) is 0 Å². The monoisotopic (exact) mass is 324 g/mol. The molecule has 0 N–H and O–H groups in total. The Labute approximate surface area is 119 Å². The molecule has 0 aliphatic carbocycles. The summed E-state index contributed by atoms with van der Waals surface area (Å²) < 4.78 is 16.5. The summed E-state index contributed by atoms with van der Waals surface area (Å²) in [5, 5.41) is 0. The van der Waals surface area contributed by atoms with Crippen molar-refractivity contribution >= 4 is 21.9 Å². The number of hydrogen-bond acceptors (Lipinski definition) is 4. The van der Waals surface area contributed by atoms with Gasteiger partial charge in [-0.1, -0.05) is 22.0 Å². The average molecular weight is 325 g/mol. The molecule has 1 heterocycles. The average Bonchev–Trinajstić information content (AvgIpc) is 2.81. The summed E-state index contributed by atoms with van der Waals surface area (Å²) in [6.07, 6.45) is 1.46. The van der Waals surface area contributed by atoms with E-state index in [1.54, 1.807) is 13.0 Å². The maximum Gasteiger partial charge on any atom is 0.374 e. The zero-order valence-corrected chi connectivity index (χ0v) is 12.0. The molecule has 19 heavy (non-hydrogen) atoms. The second-order valence-electron chi connectivity index (χ2n) is 3.87. The molecular weight excluding hydrogens is 312 g/mol. The molecule has 0 spiro atoms. The third-order valence-electron chi connectivity index (χ3n) is 2.43. The van der Waals surface area contributed by atoms with Gasteiger partial charge in [-0.15, -0.1) is 0 Å². The Morgan fingerprint density at radius 1 is 1.32 bits per heavy atom. The highest BCUT2D eigenvalue weighted by Gasteiger charge is 2.13. The normalized spacial score (nSPS) is 10.2. The van der Waals surface area contributed by atoms with Gasteiger partial charge in [0.1, 0.15) is 19.0 Å². The summed E-state index contributed by atoms with van der Waals surface area (Å²) >= 11 is 3.35. The van der Waals surface area contributed by atoms with E-state index in [0.29, 0.717) is 6.61 Å². The largest absolute Gasteiger partial charge is 0.490 e. The standard InChI is InChI=1S/C14H13BrO4/c1-10-5-6-18-13(10)14(16)19-8-7-17-12-4-2-3-11(15)9-12/h2-6,9H,7-8H2,1H3. The molecule has 2 aromatic rings. The highest BCUT2D eigenvalue weighted by molar-refractivity contribution is 9.10. The fourth-order valence-electron chi connectivity index (χ4n) is 1.50. The molecule has 0 radical (unpaired) electrons. The predicted molar refractivity (Wildman–Crippen MR) is 73.4 cm³/mol. The molecule has 1 aromatic heterocycles. The Morgan fingerprint density at radius 2 is 2.16 bits per heavy atom. The van der Waals surface area contributed by atoms with Crippen LogP contribution in [0, 0.1) is 6.92 Å². The fraction of sp³-hybridized carbons (Fsp3) is 0.214. The zero-order chi connectivity index (χ0) is 13.7. The zero-order valence-electron chi connectivity index (χ0n) is 10.4. The molecule has 5 heteroatoms. The van der Waals surface area contributed by atoms with Gasteiger partial charge in [-0.05, 0) is 31.2 Å². The number of rotatable bonds is 5. The highest BCUT2D eigenvalue weighted by atomic mass is 79.9. The summed E-state index contributed by atoms with van der Waals surface area (Å²) in [6.45, 7) is 2.26. The van der Waals surface area contributed by atoms with Crippen LogP contribution in [-0.2, 0) is 4.74 Å². The van der Waals surface area contributed by atoms with Gasteiger partial charge < -0.3 is 13.9 Å². The van der Waals surface area contributed by atoms with Crippen molar-refractivity contribution in [2.45, 2.75) is 6.92 Å². The first-order valence-electron chi connectivity index (χ1n) is 5.76. The van der Waals surface area contributed by atoms with Crippen molar-refractivity contribution in [2.75, 3.05) is 13.2 Å². The van der Waals surface area contributed by atoms with E-state index in [2.05, 4.69) is 15.9 Å². The number of carbonyl (C=O) groups excluding carboxylic acids is 1. The first-order chi connectivity index (χ1) is 9.16. The van der Waals surface area contributed by atoms with Crippen LogP contribution in [0.25, 0.3) is 0 Å². The molecule has 0 fully saturated rings. The Hall–Kier alpha value is -1.75. The Kier molecular flexibility index (Phi) is 4.63. The van der Waals surface area contributed by atoms with Crippen LogP contribution in [0.4, 0.5) is 0 Å². The number of carbonyl (C=O) groups is 1. The van der Waals surface area contributed by atoms with Crippen LogP contribution < -0.4 is 4.74 Å². The van der Waals surface area contributed by atoms with Crippen LogP contribution in [0.2, 0.25) is 0 Å². The quantitative estimate of drug-likeness (QED) is 0.623. The van der Waals surface area contributed by atoms with Gasteiger partial charge in [-0.2, -0.15) is 0 Å². The van der Waals surface area contributed by atoms with Gasteiger partial charge in [0.2, 0.25) is 5.76 Å². The van der Waals surface area contributed by atoms with E-state index in [1.807, 2.05) is 24.3 Å². The van der Waals surface area contributed by atoms with Crippen LogP contribution in [-0.4, -0.2) is 19.2 Å². The number of benzene rings is 1. The first-order valence-corrected chi connectivity index (χ1v) is 6.55. The second kappa shape index (κ2) is 6.43. The summed E-state index contributed by atoms with van der Waals surface area (Å²) in [4.78, 5) is 11.6. The summed E-state index contributed by atoms with van der Waals surface area (Å²) in [7, 11) is 0. The minimum absolute atomic E-state index is 0.172. The maximum absolute atomic E-state index is 11.6. The van der Waals surface area contributed by atoms with E-state index in [-0.39, 0.29) is 12.4 Å². The van der Waals surface area contributed by atoms with Crippen LogP contribution in [0.1, 0.15) is 16.1 Å². The molecule has 0 saturated carbocycles. The Balaban J connectivity index is 1.75. The van der Waals surface area contributed by atoms with Gasteiger partial charge in [-0.25, -0.2) is 4.79 Å². The number of aryl methyl sites for hydroxylation is 1. The third-order valence-corrected chi connectivity index (χ3v) is 2.92. The van der Waals surface area contributed by atoms with Gasteiger partial charge in [-0.3, -0.25) is 0 Å². The van der Waals surface area contributed by atoms with Gasteiger partial charge in [0.05, 0.1) is 6.26 Å². The van der Waals surface area contributed by atoms with E-state index in [1.165, 1.54) is 6.26 Å². The van der Waals surface area contributed by atoms with Crippen LogP contribution in [0.15, 0.2) is 45.5 Å². The smallest absolute Gasteiger partial charge is 0.374 e. The lowest BCUT2D eigenvalue weighted by molar-refractivity contribution is 0.0414. The number of halogens is 1. The lowest BCUT2D eigenvalue weighted by Gasteiger charge is -2.07. The molecular formula is C14H13BrO4. The predicted octanol–water partition coefficient (Wildman–Crippen LogP) is 3.59. The molecule has 1 aromatic carbocycles. The first kappa shape index (κ1) is 13.7. The summed E-state index contributed by atoms with van der Waals surface area (Å²) in [5.41, 5.74) is 0.762. The third kappa shape index (κ3) is 3.86. The molecule has 0 bridgehead atoms.